The van der Waals surface area contributed by atoms with E-state index in [4.69, 9.17) is 4.78 Å². The second kappa shape index (κ2) is 3.79. The number of rotatable bonds is 2. The number of benzene rings is 1. The lowest BCUT2D eigenvalue weighted by atomic mass is 10.2. The first kappa shape index (κ1) is 10.7. The topological polar surface area (TPSA) is 67.2 Å². The van der Waals surface area contributed by atoms with E-state index in [0.29, 0.717) is 0 Å². The van der Waals surface area contributed by atoms with Gasteiger partial charge in [0.1, 0.15) is 0 Å². The molecule has 0 radical (unpaired) electrons. The van der Waals surface area contributed by atoms with Crippen molar-refractivity contribution in [3.63, 3.8) is 0 Å². The highest BCUT2D eigenvalue weighted by molar-refractivity contribution is 7.91. The van der Waals surface area contributed by atoms with E-state index in [0.717, 1.165) is 0 Å². The Labute approximate surface area is 82.9 Å². The van der Waals surface area contributed by atoms with E-state index >= 15 is 0 Å². The van der Waals surface area contributed by atoms with E-state index in [-0.39, 0.29) is 10.5 Å². The van der Waals surface area contributed by atoms with Crippen LogP contribution in [0.5, 0.6) is 0 Å². The lowest BCUT2D eigenvalue weighted by Gasteiger charge is -2.06. The van der Waals surface area contributed by atoms with Crippen LogP contribution in [-0.2, 0) is 14.5 Å². The molecule has 0 aliphatic rings. The Balaban J connectivity index is 3.38. The van der Waals surface area contributed by atoms with Crippen molar-refractivity contribution < 1.29 is 13.7 Å². The summed E-state index contributed by atoms with van der Waals surface area (Å²) in [7, 11) is -1.64. The van der Waals surface area contributed by atoms with E-state index in [1.807, 2.05) is 0 Å². The maximum Gasteiger partial charge on any atom is 0.339 e. The highest BCUT2D eigenvalue weighted by atomic mass is 32.2. The molecule has 0 bridgehead atoms. The van der Waals surface area contributed by atoms with Gasteiger partial charge in [-0.15, -0.1) is 0 Å². The summed E-state index contributed by atoms with van der Waals surface area (Å²) in [5.41, 5.74) is 0.192. The molecule has 0 amide bonds. The molecule has 0 saturated heterocycles. The van der Waals surface area contributed by atoms with Crippen LogP contribution >= 0.6 is 0 Å². The number of esters is 1. The standard InChI is InChI=1S/C9H11NO3S/c1-13-9(11)7-5-3-4-6-8(7)14(2,10)12/h3-6,10H,1-2H3. The third-order valence-electron chi connectivity index (χ3n) is 1.71. The number of carbonyl (C=O) groups excluding carboxylic acids is 1. The van der Waals surface area contributed by atoms with E-state index in [1.165, 1.54) is 25.5 Å². The number of methoxy groups -OCH3 is 1. The zero-order valence-corrected chi connectivity index (χ0v) is 8.76. The fraction of sp³-hybridized carbons (Fsp3) is 0.222. The molecule has 0 aromatic heterocycles. The summed E-state index contributed by atoms with van der Waals surface area (Å²) >= 11 is 0. The van der Waals surface area contributed by atoms with Gasteiger partial charge in [-0.1, -0.05) is 12.1 Å². The largest absolute Gasteiger partial charge is 0.465 e. The van der Waals surface area contributed by atoms with Crippen LogP contribution in [0.25, 0.3) is 0 Å². The fourth-order valence-corrected chi connectivity index (χ4v) is 1.99. The van der Waals surface area contributed by atoms with E-state index in [1.54, 1.807) is 12.1 Å². The lowest BCUT2D eigenvalue weighted by molar-refractivity contribution is 0.0596. The SMILES string of the molecule is COC(=O)c1ccccc1S(C)(=N)=O. The summed E-state index contributed by atoms with van der Waals surface area (Å²) in [6.45, 7) is 0. The van der Waals surface area contributed by atoms with Gasteiger partial charge in [0.2, 0.25) is 0 Å². The zero-order chi connectivity index (χ0) is 10.8. The summed E-state index contributed by atoms with van der Waals surface area (Å²) in [5, 5.41) is 0. The van der Waals surface area contributed by atoms with Crippen molar-refractivity contribution in [2.75, 3.05) is 13.4 Å². The van der Waals surface area contributed by atoms with Gasteiger partial charge in [-0.05, 0) is 12.1 Å². The number of ether oxygens (including phenoxy) is 1. The number of carbonyl (C=O) groups is 1. The molecule has 76 valence electrons. The quantitative estimate of drug-likeness (QED) is 0.757. The average molecular weight is 213 g/mol. The van der Waals surface area contributed by atoms with Crippen LogP contribution in [-0.4, -0.2) is 23.5 Å². The second-order valence-electron chi connectivity index (χ2n) is 2.83. The fourth-order valence-electron chi connectivity index (χ4n) is 1.08. The van der Waals surface area contributed by atoms with Crippen LogP contribution < -0.4 is 0 Å². The molecule has 1 unspecified atom stereocenters. The monoisotopic (exact) mass is 213 g/mol. The minimum absolute atomic E-state index is 0.192. The summed E-state index contributed by atoms with van der Waals surface area (Å²) in [5.74, 6) is -0.567. The Morgan fingerprint density at radius 2 is 2.00 bits per heavy atom. The minimum Gasteiger partial charge on any atom is -0.465 e. The first-order valence-corrected chi connectivity index (χ1v) is 5.84. The molecule has 0 spiro atoms. The van der Waals surface area contributed by atoms with Crippen molar-refractivity contribution in [1.82, 2.24) is 0 Å². The number of hydrogen-bond donors (Lipinski definition) is 1. The van der Waals surface area contributed by atoms with Crippen LogP contribution in [0.2, 0.25) is 0 Å². The smallest absolute Gasteiger partial charge is 0.339 e. The first-order valence-electron chi connectivity index (χ1n) is 3.88. The lowest BCUT2D eigenvalue weighted by Crippen LogP contribution is -2.08. The maximum absolute atomic E-state index is 11.5. The Hall–Kier alpha value is -1.36. The molecule has 0 heterocycles. The second-order valence-corrected chi connectivity index (χ2v) is 4.96. The molecule has 1 rings (SSSR count). The molecule has 1 atom stereocenters. The minimum atomic E-state index is -2.89. The van der Waals surface area contributed by atoms with Gasteiger partial charge in [0.25, 0.3) is 0 Å². The third kappa shape index (κ3) is 2.11. The van der Waals surface area contributed by atoms with Gasteiger partial charge in [-0.3, -0.25) is 0 Å². The van der Waals surface area contributed by atoms with Crippen LogP contribution in [0.1, 0.15) is 10.4 Å². The van der Waals surface area contributed by atoms with Crippen molar-refractivity contribution in [3.8, 4) is 0 Å². The zero-order valence-electron chi connectivity index (χ0n) is 7.94. The summed E-state index contributed by atoms with van der Waals surface area (Å²) in [4.78, 5) is 11.5. The molecular formula is C9H11NO3S. The Morgan fingerprint density at radius 1 is 1.43 bits per heavy atom. The van der Waals surface area contributed by atoms with Crippen LogP contribution in [0.4, 0.5) is 0 Å². The molecule has 14 heavy (non-hydrogen) atoms. The summed E-state index contributed by atoms with van der Waals surface area (Å²) in [6, 6.07) is 6.28. The van der Waals surface area contributed by atoms with Gasteiger partial charge >= 0.3 is 5.97 Å². The van der Waals surface area contributed by atoms with Crippen molar-refractivity contribution in [1.29, 1.82) is 4.78 Å². The highest BCUT2D eigenvalue weighted by Crippen LogP contribution is 2.16. The predicted molar refractivity (Wildman–Crippen MR) is 52.8 cm³/mol. The first-order chi connectivity index (χ1) is 6.46. The molecule has 4 nitrogen and oxygen atoms in total. The van der Waals surface area contributed by atoms with Gasteiger partial charge in [-0.25, -0.2) is 13.8 Å². The van der Waals surface area contributed by atoms with Gasteiger partial charge in [0.15, 0.2) is 0 Å². The average Bonchev–Trinajstić information content (AvgIpc) is 2.15. The third-order valence-corrected chi connectivity index (χ3v) is 2.91. The number of nitrogens with one attached hydrogen (secondary N) is 1. The summed E-state index contributed by atoms with van der Waals surface area (Å²) < 4.78 is 23.4. The summed E-state index contributed by atoms with van der Waals surface area (Å²) in [6.07, 6.45) is 1.27. The molecular weight excluding hydrogens is 202 g/mol. The van der Waals surface area contributed by atoms with Gasteiger partial charge in [-0.2, -0.15) is 0 Å². The number of hydrogen-bond acceptors (Lipinski definition) is 4. The van der Waals surface area contributed by atoms with Crippen molar-refractivity contribution in [3.05, 3.63) is 29.8 Å². The van der Waals surface area contributed by atoms with Crippen LogP contribution in [0, 0.1) is 4.78 Å². The molecule has 0 saturated carbocycles. The Kier molecular flexibility index (Phi) is 2.90. The van der Waals surface area contributed by atoms with E-state index in [2.05, 4.69) is 4.74 Å². The Bertz CT molecular complexity index is 451. The van der Waals surface area contributed by atoms with E-state index < -0.39 is 15.7 Å². The molecule has 0 aliphatic heterocycles. The van der Waals surface area contributed by atoms with Crippen molar-refractivity contribution in [2.45, 2.75) is 4.90 Å². The predicted octanol–water partition coefficient (Wildman–Crippen LogP) is 1.51. The molecule has 0 fully saturated rings. The molecule has 1 aromatic carbocycles. The molecule has 1 aromatic rings. The van der Waals surface area contributed by atoms with E-state index in [9.17, 15) is 9.00 Å². The maximum atomic E-state index is 11.5. The normalized spacial score (nSPS) is 14.4. The van der Waals surface area contributed by atoms with Gasteiger partial charge < -0.3 is 4.74 Å². The van der Waals surface area contributed by atoms with Crippen molar-refractivity contribution in [2.24, 2.45) is 0 Å². The highest BCUT2D eigenvalue weighted by Gasteiger charge is 2.15. The molecule has 5 heteroatoms. The van der Waals surface area contributed by atoms with Crippen molar-refractivity contribution >= 4 is 15.7 Å². The van der Waals surface area contributed by atoms with Crippen LogP contribution in [0.15, 0.2) is 29.2 Å². The van der Waals surface area contributed by atoms with Gasteiger partial charge in [0, 0.05) is 6.26 Å². The van der Waals surface area contributed by atoms with Gasteiger partial charge in [0.05, 0.1) is 27.3 Å². The molecule has 1 N–H and O–H groups in total. The Morgan fingerprint density at radius 3 is 2.50 bits per heavy atom. The molecule has 0 aliphatic carbocycles. The van der Waals surface area contributed by atoms with Crippen LogP contribution in [0.3, 0.4) is 0 Å².